The number of methoxy groups -OCH3 is 2. The Kier molecular flexibility index (Phi) is 8.01. The largest absolute Gasteiger partial charge is 0.495 e. The smallest absolute Gasteiger partial charge is 0.336 e. The molecule has 4 aromatic heterocycles. The number of benzene rings is 2. The first-order valence-corrected chi connectivity index (χ1v) is 14.3. The molecular weight excluding hydrogens is 600 g/mol. The molecule has 2 aromatic carbocycles. The summed E-state index contributed by atoms with van der Waals surface area (Å²) in [6.45, 7) is 8.88. The van der Waals surface area contributed by atoms with Gasteiger partial charge in [-0.3, -0.25) is 0 Å². The van der Waals surface area contributed by atoms with Crippen LogP contribution in [-0.4, -0.2) is 50.3 Å². The zero-order valence-electron chi connectivity index (χ0n) is 25.8. The minimum atomic E-state index is -1.20. The molecule has 0 amide bonds. The summed E-state index contributed by atoms with van der Waals surface area (Å²) in [6.07, 6.45) is 1.03. The van der Waals surface area contributed by atoms with Crippen molar-refractivity contribution in [3.63, 3.8) is 0 Å². The van der Waals surface area contributed by atoms with Gasteiger partial charge in [-0.1, -0.05) is 6.58 Å². The van der Waals surface area contributed by atoms with Gasteiger partial charge in [0, 0.05) is 12.1 Å². The topological polar surface area (TPSA) is 153 Å². The molecule has 0 aliphatic heterocycles. The summed E-state index contributed by atoms with van der Waals surface area (Å²) in [5.74, 6) is 1.26. The highest BCUT2D eigenvalue weighted by Gasteiger charge is 2.34. The fraction of sp³-hybridized carbons (Fsp3) is 0.294. The predicted molar refractivity (Wildman–Crippen MR) is 168 cm³/mol. The fourth-order valence-electron chi connectivity index (χ4n) is 5.30. The molecule has 1 N–H and O–H groups in total. The highest BCUT2D eigenvalue weighted by molar-refractivity contribution is 6.07. The van der Waals surface area contributed by atoms with Crippen LogP contribution < -0.4 is 30.2 Å². The third kappa shape index (κ3) is 5.35. The zero-order chi connectivity index (χ0) is 32.7. The monoisotopic (exact) mass is 632 g/mol. The molecule has 2 unspecified atom stereocenters. The van der Waals surface area contributed by atoms with Crippen molar-refractivity contribution in [2.24, 2.45) is 0 Å². The summed E-state index contributed by atoms with van der Waals surface area (Å²) < 4.78 is 52.1. The molecule has 6 aromatic rings. The van der Waals surface area contributed by atoms with Gasteiger partial charge in [0.1, 0.15) is 36.9 Å². The van der Waals surface area contributed by atoms with Crippen molar-refractivity contribution < 1.29 is 46.5 Å². The van der Waals surface area contributed by atoms with Crippen LogP contribution in [0.15, 0.2) is 88.3 Å². The van der Waals surface area contributed by atoms with Crippen LogP contribution in [-0.2, 0) is 4.74 Å². The van der Waals surface area contributed by atoms with E-state index in [1.807, 2.05) is 0 Å². The number of hydrogen-bond acceptors (Lipinski definition) is 12. The van der Waals surface area contributed by atoms with Crippen molar-refractivity contribution in [2.45, 2.75) is 38.6 Å². The minimum absolute atomic E-state index is 0.0660. The number of fused-ring (bicyclic) bond motifs is 4. The molecule has 0 fully saturated rings. The molecule has 0 bridgehead atoms. The number of rotatable bonds is 12. The lowest BCUT2D eigenvalue weighted by Crippen LogP contribution is -2.46. The van der Waals surface area contributed by atoms with E-state index in [9.17, 15) is 14.7 Å². The van der Waals surface area contributed by atoms with Crippen molar-refractivity contribution in [1.29, 1.82) is 0 Å². The van der Waals surface area contributed by atoms with Crippen LogP contribution in [0.2, 0.25) is 0 Å². The summed E-state index contributed by atoms with van der Waals surface area (Å²) in [6, 6.07) is 9.19. The van der Waals surface area contributed by atoms with Crippen LogP contribution in [0.3, 0.4) is 0 Å². The minimum Gasteiger partial charge on any atom is -0.495 e. The molecule has 240 valence electrons. The van der Waals surface area contributed by atoms with Crippen LogP contribution in [0.25, 0.3) is 43.9 Å². The van der Waals surface area contributed by atoms with Crippen molar-refractivity contribution >= 4 is 43.9 Å². The van der Waals surface area contributed by atoms with Gasteiger partial charge in [-0.15, -0.1) is 0 Å². The van der Waals surface area contributed by atoms with E-state index in [0.717, 1.165) is 0 Å². The second-order valence-electron chi connectivity index (χ2n) is 11.2. The predicted octanol–water partition coefficient (Wildman–Crippen LogP) is 5.97. The van der Waals surface area contributed by atoms with E-state index in [1.54, 1.807) is 45.0 Å². The fourth-order valence-corrected chi connectivity index (χ4v) is 5.30. The zero-order valence-corrected chi connectivity index (χ0v) is 25.8. The Morgan fingerprint density at radius 3 is 1.65 bits per heavy atom. The van der Waals surface area contributed by atoms with E-state index in [-0.39, 0.29) is 35.9 Å². The molecule has 12 heteroatoms. The first-order chi connectivity index (χ1) is 22.0. The highest BCUT2D eigenvalue weighted by atomic mass is 16.6. The van der Waals surface area contributed by atoms with E-state index in [4.69, 9.17) is 41.4 Å². The first-order valence-electron chi connectivity index (χ1n) is 14.3. The molecule has 0 spiro atoms. The van der Waals surface area contributed by atoms with Gasteiger partial charge in [0.05, 0.1) is 53.9 Å². The Bertz CT molecular complexity index is 2200. The molecule has 12 nitrogen and oxygen atoms in total. The molecular formula is C34H32O12. The summed E-state index contributed by atoms with van der Waals surface area (Å²) >= 11 is 0. The van der Waals surface area contributed by atoms with Gasteiger partial charge < -0.3 is 46.5 Å². The third-order valence-corrected chi connectivity index (χ3v) is 7.77. The van der Waals surface area contributed by atoms with E-state index in [0.29, 0.717) is 49.8 Å². The van der Waals surface area contributed by atoms with Crippen molar-refractivity contribution in [2.75, 3.05) is 27.4 Å². The summed E-state index contributed by atoms with van der Waals surface area (Å²) in [4.78, 5) is 24.3. The Morgan fingerprint density at radius 2 is 1.20 bits per heavy atom. The highest BCUT2D eigenvalue weighted by Crippen LogP contribution is 2.44. The Balaban J connectivity index is 1.24. The van der Waals surface area contributed by atoms with Gasteiger partial charge in [-0.25, -0.2) is 9.59 Å². The van der Waals surface area contributed by atoms with E-state index in [1.165, 1.54) is 38.9 Å². The van der Waals surface area contributed by atoms with Crippen molar-refractivity contribution in [3.05, 3.63) is 81.9 Å². The Labute approximate surface area is 261 Å². The van der Waals surface area contributed by atoms with E-state index in [2.05, 4.69) is 6.58 Å². The number of furan rings is 2. The van der Waals surface area contributed by atoms with Crippen molar-refractivity contribution in [3.8, 4) is 23.0 Å². The summed E-state index contributed by atoms with van der Waals surface area (Å²) in [5.41, 5.74) is -0.859. The summed E-state index contributed by atoms with van der Waals surface area (Å²) in [7, 11) is 3.02. The molecule has 2 atom stereocenters. The molecule has 4 heterocycles. The van der Waals surface area contributed by atoms with Gasteiger partial charge >= 0.3 is 11.3 Å². The average molecular weight is 633 g/mol. The van der Waals surface area contributed by atoms with Crippen molar-refractivity contribution in [1.82, 2.24) is 0 Å². The maximum absolute atomic E-state index is 12.2. The quantitative estimate of drug-likeness (QED) is 0.125. The first kappa shape index (κ1) is 30.8. The second kappa shape index (κ2) is 12.0. The Hall–Kier alpha value is -5.20. The number of aliphatic hydroxyl groups is 1. The molecule has 6 rings (SSSR count). The number of hydrogen-bond donors (Lipinski definition) is 1. The SMILES string of the molecule is C=C(C)C(COc1c2occc2c(OC)c2ccc(=O)oc12)OC(C)(C)C(O)COc1c2occc2c(OC)c2ccc(=O)oc12. The number of ether oxygens (including phenoxy) is 5. The molecule has 0 saturated carbocycles. The van der Waals surface area contributed by atoms with E-state index < -0.39 is 29.1 Å². The van der Waals surface area contributed by atoms with Gasteiger partial charge in [0.15, 0.2) is 22.3 Å². The molecule has 0 saturated heterocycles. The van der Waals surface area contributed by atoms with Crippen LogP contribution in [0.4, 0.5) is 0 Å². The van der Waals surface area contributed by atoms with Crippen LogP contribution >= 0.6 is 0 Å². The molecule has 0 radical (unpaired) electrons. The standard InChI is InChI=1S/C34H32O12/c1-17(2)22(15-42-32-28-20(11-13-40-28)26(38-5)18-7-9-24(36)44-30(18)32)46-34(3,4)23(35)16-43-33-29-21(12-14-41-29)27(39-6)19-8-10-25(37)45-31(19)33/h7-14,22-23,35H,1,15-16H2,2-6H3. The van der Waals surface area contributed by atoms with Gasteiger partial charge in [-0.2, -0.15) is 0 Å². The summed E-state index contributed by atoms with van der Waals surface area (Å²) in [5, 5.41) is 13.6. The molecule has 0 aliphatic carbocycles. The maximum atomic E-state index is 12.2. The van der Waals surface area contributed by atoms with Crippen LogP contribution in [0.5, 0.6) is 23.0 Å². The molecule has 46 heavy (non-hydrogen) atoms. The van der Waals surface area contributed by atoms with Crippen LogP contribution in [0, 0.1) is 0 Å². The second-order valence-corrected chi connectivity index (χ2v) is 11.2. The lowest BCUT2D eigenvalue weighted by Gasteiger charge is -2.35. The molecule has 0 aliphatic rings. The Morgan fingerprint density at radius 1 is 0.739 bits per heavy atom. The van der Waals surface area contributed by atoms with E-state index >= 15 is 0 Å². The van der Waals surface area contributed by atoms with Gasteiger partial charge in [-0.05, 0) is 50.6 Å². The van der Waals surface area contributed by atoms with Gasteiger partial charge in [0.2, 0.25) is 11.5 Å². The van der Waals surface area contributed by atoms with Crippen LogP contribution in [0.1, 0.15) is 20.8 Å². The lowest BCUT2D eigenvalue weighted by atomic mass is 10.0. The maximum Gasteiger partial charge on any atom is 0.336 e. The number of aliphatic hydroxyl groups excluding tert-OH is 1. The normalized spacial score (nSPS) is 13.3. The third-order valence-electron chi connectivity index (χ3n) is 7.77. The average Bonchev–Trinajstić information content (AvgIpc) is 3.71. The lowest BCUT2D eigenvalue weighted by molar-refractivity contribution is -0.140. The van der Waals surface area contributed by atoms with Gasteiger partial charge in [0.25, 0.3) is 0 Å².